The zero-order valence-corrected chi connectivity index (χ0v) is 11.4. The van der Waals surface area contributed by atoms with Gasteiger partial charge in [0.25, 0.3) is 0 Å². The summed E-state index contributed by atoms with van der Waals surface area (Å²) in [6.45, 7) is 0.997. The maximum Gasteiger partial charge on any atom is 0.243 e. The molecule has 1 aliphatic heterocycles. The van der Waals surface area contributed by atoms with Gasteiger partial charge in [0.2, 0.25) is 10.0 Å². The second kappa shape index (κ2) is 5.46. The van der Waals surface area contributed by atoms with E-state index in [1.54, 1.807) is 11.8 Å². The summed E-state index contributed by atoms with van der Waals surface area (Å²) in [5, 5.41) is 0. The fourth-order valence-corrected chi connectivity index (χ4v) is 4.31. The summed E-state index contributed by atoms with van der Waals surface area (Å²) in [4.78, 5) is 0.0632. The van der Waals surface area contributed by atoms with Crippen LogP contribution in [0.15, 0.2) is 23.1 Å². The van der Waals surface area contributed by atoms with Crippen LogP contribution < -0.4 is 5.73 Å². The van der Waals surface area contributed by atoms with Crippen LogP contribution >= 0.6 is 11.8 Å². The van der Waals surface area contributed by atoms with Gasteiger partial charge in [-0.1, -0.05) is 0 Å². The van der Waals surface area contributed by atoms with Crippen molar-refractivity contribution in [3.8, 4) is 0 Å². The molecule has 0 aromatic heterocycles. The van der Waals surface area contributed by atoms with E-state index in [1.807, 2.05) is 0 Å². The molecule has 1 heterocycles. The highest BCUT2D eigenvalue weighted by Crippen LogP contribution is 2.22. The normalized spacial score (nSPS) is 18.5. The summed E-state index contributed by atoms with van der Waals surface area (Å²) in [7, 11) is -3.55. The van der Waals surface area contributed by atoms with Crippen LogP contribution in [0.1, 0.15) is 6.42 Å². The number of halogens is 1. The van der Waals surface area contributed by atoms with E-state index >= 15 is 0 Å². The number of benzene rings is 1. The number of hydrogen-bond donors (Lipinski definition) is 1. The highest BCUT2D eigenvalue weighted by atomic mass is 32.2. The molecule has 0 atom stereocenters. The molecular weight excluding hydrogens is 275 g/mol. The van der Waals surface area contributed by atoms with Crippen molar-refractivity contribution >= 4 is 27.5 Å². The minimum Gasteiger partial charge on any atom is -0.396 e. The summed E-state index contributed by atoms with van der Waals surface area (Å²) >= 11 is 1.75. The van der Waals surface area contributed by atoms with Crippen LogP contribution in [0, 0.1) is 5.82 Å². The molecule has 2 rings (SSSR count). The molecule has 1 saturated heterocycles. The summed E-state index contributed by atoms with van der Waals surface area (Å²) in [6, 6.07) is 3.54. The fraction of sp³-hybridized carbons (Fsp3) is 0.455. The predicted octanol–water partition coefficient (Wildman–Crippen LogP) is 1.54. The van der Waals surface area contributed by atoms with Gasteiger partial charge < -0.3 is 5.73 Å². The SMILES string of the molecule is Nc1cc(S(=O)(=O)N2CCCSCC2)ccc1F. The molecule has 100 valence electrons. The van der Waals surface area contributed by atoms with Crippen LogP contribution in [0.4, 0.5) is 10.1 Å². The van der Waals surface area contributed by atoms with Gasteiger partial charge in [-0.05, 0) is 30.4 Å². The first-order valence-electron chi connectivity index (χ1n) is 5.65. The maximum atomic E-state index is 13.1. The Morgan fingerprint density at radius 2 is 2.06 bits per heavy atom. The van der Waals surface area contributed by atoms with Crippen LogP contribution in [-0.4, -0.2) is 37.3 Å². The Labute approximate surface area is 110 Å². The van der Waals surface area contributed by atoms with E-state index in [9.17, 15) is 12.8 Å². The lowest BCUT2D eigenvalue weighted by molar-refractivity contribution is 0.435. The molecule has 0 spiro atoms. The van der Waals surface area contributed by atoms with Crippen molar-refractivity contribution in [3.05, 3.63) is 24.0 Å². The molecule has 0 saturated carbocycles. The van der Waals surface area contributed by atoms with Gasteiger partial charge in [0, 0.05) is 18.8 Å². The largest absolute Gasteiger partial charge is 0.396 e. The summed E-state index contributed by atoms with van der Waals surface area (Å²) < 4.78 is 39.2. The molecule has 0 amide bonds. The third-order valence-corrected chi connectivity index (χ3v) is 5.73. The fourth-order valence-electron chi connectivity index (χ4n) is 1.79. The van der Waals surface area contributed by atoms with Gasteiger partial charge in [0.1, 0.15) is 5.82 Å². The first-order valence-corrected chi connectivity index (χ1v) is 8.24. The first kappa shape index (κ1) is 13.6. The van der Waals surface area contributed by atoms with Gasteiger partial charge in [0.05, 0.1) is 10.6 Å². The van der Waals surface area contributed by atoms with Gasteiger partial charge in [-0.3, -0.25) is 0 Å². The summed E-state index contributed by atoms with van der Waals surface area (Å²) in [6.07, 6.45) is 0.834. The monoisotopic (exact) mass is 290 g/mol. The maximum absolute atomic E-state index is 13.1. The number of thioether (sulfide) groups is 1. The minimum atomic E-state index is -3.55. The Bertz CT molecular complexity index is 526. The molecule has 1 aromatic rings. The van der Waals surface area contributed by atoms with Gasteiger partial charge in [-0.2, -0.15) is 16.1 Å². The minimum absolute atomic E-state index is 0.0632. The molecule has 0 unspecified atom stereocenters. The second-order valence-electron chi connectivity index (χ2n) is 4.05. The number of sulfonamides is 1. The Balaban J connectivity index is 2.31. The van der Waals surface area contributed by atoms with Crippen molar-refractivity contribution in [2.75, 3.05) is 30.3 Å². The average Bonchev–Trinajstić information content (AvgIpc) is 2.61. The standard InChI is InChI=1S/C11H15FN2O2S2/c12-10-3-2-9(8-11(10)13)18(15,16)14-4-1-6-17-7-5-14/h2-3,8H,1,4-7,13H2. The summed E-state index contributed by atoms with van der Waals surface area (Å²) in [5.41, 5.74) is 5.28. The van der Waals surface area contributed by atoms with Gasteiger partial charge in [-0.25, -0.2) is 12.8 Å². The van der Waals surface area contributed by atoms with Crippen molar-refractivity contribution in [3.63, 3.8) is 0 Å². The molecule has 4 nitrogen and oxygen atoms in total. The highest BCUT2D eigenvalue weighted by Gasteiger charge is 2.25. The lowest BCUT2D eigenvalue weighted by Crippen LogP contribution is -2.33. The molecule has 0 aliphatic carbocycles. The van der Waals surface area contributed by atoms with Crippen LogP contribution in [-0.2, 0) is 10.0 Å². The number of hydrogen-bond acceptors (Lipinski definition) is 4. The average molecular weight is 290 g/mol. The Hall–Kier alpha value is -0.790. The zero-order valence-electron chi connectivity index (χ0n) is 9.80. The van der Waals surface area contributed by atoms with Crippen LogP contribution in [0.5, 0.6) is 0 Å². The Morgan fingerprint density at radius 1 is 1.28 bits per heavy atom. The van der Waals surface area contributed by atoms with Crippen molar-refractivity contribution in [2.24, 2.45) is 0 Å². The van der Waals surface area contributed by atoms with E-state index < -0.39 is 15.8 Å². The van der Waals surface area contributed by atoms with E-state index in [2.05, 4.69) is 0 Å². The number of nitrogen functional groups attached to an aromatic ring is 1. The molecule has 7 heteroatoms. The molecule has 1 aliphatic rings. The molecule has 2 N–H and O–H groups in total. The quantitative estimate of drug-likeness (QED) is 0.839. The molecule has 1 aromatic carbocycles. The third kappa shape index (κ3) is 2.78. The number of rotatable bonds is 2. The van der Waals surface area contributed by atoms with E-state index in [0.717, 1.165) is 24.0 Å². The van der Waals surface area contributed by atoms with Crippen molar-refractivity contribution in [2.45, 2.75) is 11.3 Å². The van der Waals surface area contributed by atoms with Crippen LogP contribution in [0.25, 0.3) is 0 Å². The molecule has 0 radical (unpaired) electrons. The number of anilines is 1. The van der Waals surface area contributed by atoms with E-state index in [1.165, 1.54) is 16.4 Å². The van der Waals surface area contributed by atoms with Crippen molar-refractivity contribution < 1.29 is 12.8 Å². The van der Waals surface area contributed by atoms with Crippen molar-refractivity contribution in [1.82, 2.24) is 4.31 Å². The topological polar surface area (TPSA) is 63.4 Å². The third-order valence-electron chi connectivity index (χ3n) is 2.79. The van der Waals surface area contributed by atoms with E-state index in [4.69, 9.17) is 5.73 Å². The van der Waals surface area contributed by atoms with Crippen molar-refractivity contribution in [1.29, 1.82) is 0 Å². The predicted molar refractivity (Wildman–Crippen MR) is 71.5 cm³/mol. The van der Waals surface area contributed by atoms with E-state index in [-0.39, 0.29) is 10.6 Å². The van der Waals surface area contributed by atoms with Gasteiger partial charge in [0.15, 0.2) is 0 Å². The summed E-state index contributed by atoms with van der Waals surface area (Å²) in [5.74, 6) is 1.16. The zero-order chi connectivity index (χ0) is 13.2. The number of nitrogens with two attached hydrogens (primary N) is 1. The first-order chi connectivity index (χ1) is 8.51. The second-order valence-corrected chi connectivity index (χ2v) is 7.22. The van der Waals surface area contributed by atoms with E-state index in [0.29, 0.717) is 13.1 Å². The molecule has 1 fully saturated rings. The lowest BCUT2D eigenvalue weighted by atomic mass is 10.3. The molecule has 18 heavy (non-hydrogen) atoms. The smallest absolute Gasteiger partial charge is 0.243 e. The Kier molecular flexibility index (Phi) is 4.14. The highest BCUT2D eigenvalue weighted by molar-refractivity contribution is 7.99. The van der Waals surface area contributed by atoms with Gasteiger partial charge in [-0.15, -0.1) is 0 Å². The molecular formula is C11H15FN2O2S2. The Morgan fingerprint density at radius 3 is 2.78 bits per heavy atom. The van der Waals surface area contributed by atoms with Crippen LogP contribution in [0.3, 0.4) is 0 Å². The van der Waals surface area contributed by atoms with Crippen LogP contribution in [0.2, 0.25) is 0 Å². The van der Waals surface area contributed by atoms with Gasteiger partial charge >= 0.3 is 0 Å². The number of nitrogens with zero attached hydrogens (tertiary/aromatic N) is 1. The lowest BCUT2D eigenvalue weighted by Gasteiger charge is -2.19. The molecule has 0 bridgehead atoms.